The first-order valence-electron chi connectivity index (χ1n) is 10.9. The fraction of sp³-hybridized carbons (Fsp3) is 0.269. The number of anilines is 1. The molecule has 3 aliphatic rings. The van der Waals surface area contributed by atoms with Crippen molar-refractivity contribution in [2.75, 3.05) is 25.0 Å². The zero-order valence-corrected chi connectivity index (χ0v) is 18.5. The molecule has 3 N–H and O–H groups in total. The fourth-order valence-electron chi connectivity index (χ4n) is 4.52. The average molecular weight is 431 g/mol. The Bertz CT molecular complexity index is 1130. The van der Waals surface area contributed by atoms with E-state index in [0.29, 0.717) is 0 Å². The van der Waals surface area contributed by atoms with Gasteiger partial charge in [-0.1, -0.05) is 54.1 Å². The number of dihydropyridines is 1. The molecule has 0 amide bonds. The lowest BCUT2D eigenvalue weighted by Gasteiger charge is -2.28. The number of hydrogen-bond donors (Lipinski definition) is 3. The van der Waals surface area contributed by atoms with E-state index >= 15 is 0 Å². The van der Waals surface area contributed by atoms with Crippen molar-refractivity contribution in [1.29, 1.82) is 0 Å². The number of aliphatic imine (C=N–C) groups is 1. The minimum Gasteiger partial charge on any atom is -0.381 e. The molecule has 3 heterocycles. The first-order valence-corrected chi connectivity index (χ1v) is 11.3. The summed E-state index contributed by atoms with van der Waals surface area (Å²) >= 11 is 6.57. The van der Waals surface area contributed by atoms with E-state index in [4.69, 9.17) is 16.6 Å². The molecule has 2 aromatic carbocycles. The zero-order chi connectivity index (χ0) is 21.2. The van der Waals surface area contributed by atoms with Gasteiger partial charge in [0.2, 0.25) is 0 Å². The molecule has 1 atom stereocenters. The van der Waals surface area contributed by atoms with Crippen LogP contribution in [0.3, 0.4) is 0 Å². The van der Waals surface area contributed by atoms with Gasteiger partial charge in [-0.15, -0.1) is 0 Å². The van der Waals surface area contributed by atoms with Gasteiger partial charge in [0.05, 0.1) is 6.04 Å². The first kappa shape index (κ1) is 20.1. The largest absolute Gasteiger partial charge is 0.381 e. The molecule has 0 radical (unpaired) electrons. The molecule has 0 saturated carbocycles. The Hall–Kier alpha value is -2.82. The number of halogens is 1. The van der Waals surface area contributed by atoms with Crippen LogP contribution in [-0.4, -0.2) is 25.5 Å². The van der Waals surface area contributed by atoms with Crippen molar-refractivity contribution in [3.8, 4) is 0 Å². The fourth-order valence-corrected chi connectivity index (χ4v) is 4.78. The van der Waals surface area contributed by atoms with Crippen LogP contribution in [-0.2, 0) is 0 Å². The van der Waals surface area contributed by atoms with Crippen molar-refractivity contribution in [2.24, 2.45) is 4.99 Å². The molecule has 0 aromatic heterocycles. The highest BCUT2D eigenvalue weighted by Gasteiger charge is 2.24. The smallest absolute Gasteiger partial charge is 0.126 e. The Morgan fingerprint density at radius 3 is 2.74 bits per heavy atom. The first-order chi connectivity index (χ1) is 15.2. The third kappa shape index (κ3) is 4.18. The molecule has 0 spiro atoms. The predicted molar refractivity (Wildman–Crippen MR) is 131 cm³/mol. The molecule has 158 valence electrons. The number of rotatable bonds is 3. The number of para-hydroxylation sites is 1. The van der Waals surface area contributed by atoms with Gasteiger partial charge in [-0.2, -0.15) is 0 Å². The summed E-state index contributed by atoms with van der Waals surface area (Å²) in [5, 5.41) is 11.4. The van der Waals surface area contributed by atoms with E-state index in [1.807, 2.05) is 18.2 Å². The molecular weight excluding hydrogens is 404 g/mol. The van der Waals surface area contributed by atoms with Crippen molar-refractivity contribution in [2.45, 2.75) is 25.8 Å². The molecule has 0 aliphatic carbocycles. The number of nitrogens with zero attached hydrogens (tertiary/aromatic N) is 1. The normalized spacial score (nSPS) is 20.8. The molecule has 0 fully saturated rings. The second kappa shape index (κ2) is 8.74. The van der Waals surface area contributed by atoms with Gasteiger partial charge in [0, 0.05) is 35.1 Å². The van der Waals surface area contributed by atoms with Crippen molar-refractivity contribution >= 4 is 28.8 Å². The standard InChI is InChI=1S/C26H27ClN4/c1-17-16-29-23-9-5-3-7-21(23)26(17)31-25-15-19(18-10-12-28-13-11-18)14-24(30-25)20-6-2-4-8-22(20)27/h2-10,15,24,28-29H,11-14,16H2,1H3,(H,30,31). The Morgan fingerprint density at radius 1 is 1.06 bits per heavy atom. The van der Waals surface area contributed by atoms with Gasteiger partial charge in [-0.3, -0.25) is 4.99 Å². The summed E-state index contributed by atoms with van der Waals surface area (Å²) in [4.78, 5) is 5.11. The topological polar surface area (TPSA) is 48.5 Å². The molecule has 2 aromatic rings. The van der Waals surface area contributed by atoms with Crippen LogP contribution in [0.1, 0.15) is 36.9 Å². The molecule has 5 rings (SSSR count). The number of benzene rings is 2. The highest BCUT2D eigenvalue weighted by molar-refractivity contribution is 6.31. The van der Waals surface area contributed by atoms with E-state index < -0.39 is 0 Å². The van der Waals surface area contributed by atoms with Crippen LogP contribution in [0.2, 0.25) is 5.02 Å². The Morgan fingerprint density at radius 2 is 1.90 bits per heavy atom. The third-order valence-corrected chi connectivity index (χ3v) is 6.52. The molecule has 1 unspecified atom stereocenters. The predicted octanol–water partition coefficient (Wildman–Crippen LogP) is 5.48. The van der Waals surface area contributed by atoms with E-state index in [-0.39, 0.29) is 6.04 Å². The number of fused-ring (bicyclic) bond motifs is 1. The minimum atomic E-state index is 0.00449. The zero-order valence-electron chi connectivity index (χ0n) is 17.7. The summed E-state index contributed by atoms with van der Waals surface area (Å²) in [6, 6.07) is 16.5. The maximum absolute atomic E-state index is 6.57. The van der Waals surface area contributed by atoms with Crippen molar-refractivity contribution in [3.05, 3.63) is 93.6 Å². The summed E-state index contributed by atoms with van der Waals surface area (Å²) in [7, 11) is 0. The van der Waals surface area contributed by atoms with Crippen molar-refractivity contribution in [1.82, 2.24) is 10.6 Å². The van der Waals surface area contributed by atoms with Gasteiger partial charge in [-0.25, -0.2) is 0 Å². The summed E-state index contributed by atoms with van der Waals surface area (Å²) < 4.78 is 0. The van der Waals surface area contributed by atoms with Crippen LogP contribution in [0.4, 0.5) is 5.69 Å². The van der Waals surface area contributed by atoms with E-state index in [0.717, 1.165) is 60.3 Å². The van der Waals surface area contributed by atoms with Gasteiger partial charge in [0.15, 0.2) is 0 Å². The summed E-state index contributed by atoms with van der Waals surface area (Å²) in [6.07, 6.45) is 6.46. The number of nitrogens with one attached hydrogen (secondary N) is 3. The Balaban J connectivity index is 1.53. The van der Waals surface area contributed by atoms with E-state index in [9.17, 15) is 0 Å². The summed E-state index contributed by atoms with van der Waals surface area (Å²) in [5.74, 6) is 0.900. The van der Waals surface area contributed by atoms with Crippen LogP contribution >= 0.6 is 11.6 Å². The molecule has 0 bridgehead atoms. The second-order valence-electron chi connectivity index (χ2n) is 8.29. The van der Waals surface area contributed by atoms with Gasteiger partial charge in [0.25, 0.3) is 0 Å². The van der Waals surface area contributed by atoms with Crippen LogP contribution in [0.15, 0.2) is 82.4 Å². The quantitative estimate of drug-likeness (QED) is 0.604. The lowest BCUT2D eigenvalue weighted by Crippen LogP contribution is -2.29. The molecule has 5 heteroatoms. The molecule has 4 nitrogen and oxygen atoms in total. The Kier molecular flexibility index (Phi) is 5.66. The highest BCUT2D eigenvalue weighted by Crippen LogP contribution is 2.37. The monoisotopic (exact) mass is 430 g/mol. The van der Waals surface area contributed by atoms with Crippen LogP contribution in [0, 0.1) is 0 Å². The van der Waals surface area contributed by atoms with E-state index in [2.05, 4.69) is 65.4 Å². The number of amidine groups is 1. The van der Waals surface area contributed by atoms with Crippen molar-refractivity contribution in [3.63, 3.8) is 0 Å². The van der Waals surface area contributed by atoms with E-state index in [1.165, 1.54) is 22.3 Å². The SMILES string of the molecule is CC1=C(NC2=NC(c3ccccc3Cl)CC(C3=CCNCC3)=C2)c2ccccc2NC1. The van der Waals surface area contributed by atoms with Crippen molar-refractivity contribution < 1.29 is 0 Å². The molecule has 3 aliphatic heterocycles. The maximum Gasteiger partial charge on any atom is 0.126 e. The van der Waals surface area contributed by atoms with Gasteiger partial charge >= 0.3 is 0 Å². The molecule has 0 saturated heterocycles. The summed E-state index contributed by atoms with van der Waals surface area (Å²) in [6.45, 7) is 4.93. The Labute approximate surface area is 188 Å². The van der Waals surface area contributed by atoms with E-state index in [1.54, 1.807) is 0 Å². The highest BCUT2D eigenvalue weighted by atomic mass is 35.5. The molecular formula is C26H27ClN4. The minimum absolute atomic E-state index is 0.00449. The third-order valence-electron chi connectivity index (χ3n) is 6.18. The summed E-state index contributed by atoms with van der Waals surface area (Å²) in [5.41, 5.74) is 8.61. The second-order valence-corrected chi connectivity index (χ2v) is 8.70. The maximum atomic E-state index is 6.57. The van der Waals surface area contributed by atoms with Gasteiger partial charge in [0.1, 0.15) is 5.84 Å². The van der Waals surface area contributed by atoms with Gasteiger partial charge < -0.3 is 16.0 Å². The molecule has 31 heavy (non-hydrogen) atoms. The lowest BCUT2D eigenvalue weighted by molar-refractivity contribution is 0.670. The van der Waals surface area contributed by atoms with Crippen LogP contribution < -0.4 is 16.0 Å². The average Bonchev–Trinajstić information content (AvgIpc) is 2.82. The van der Waals surface area contributed by atoms with Crippen LogP contribution in [0.25, 0.3) is 5.70 Å². The van der Waals surface area contributed by atoms with Crippen LogP contribution in [0.5, 0.6) is 0 Å². The van der Waals surface area contributed by atoms with Gasteiger partial charge in [-0.05, 0) is 66.8 Å². The number of hydrogen-bond acceptors (Lipinski definition) is 4. The lowest BCUT2D eigenvalue weighted by atomic mass is 9.89.